The van der Waals surface area contributed by atoms with Crippen molar-refractivity contribution in [1.29, 1.82) is 0 Å². The van der Waals surface area contributed by atoms with Gasteiger partial charge in [-0.25, -0.2) is 0 Å². The van der Waals surface area contributed by atoms with Gasteiger partial charge in [0.05, 0.1) is 9.82 Å². The van der Waals surface area contributed by atoms with Crippen molar-refractivity contribution in [2.45, 2.75) is 17.9 Å². The molecule has 0 radical (unpaired) electrons. The summed E-state index contributed by atoms with van der Waals surface area (Å²) in [6.45, 7) is 1.88. The lowest BCUT2D eigenvalue weighted by molar-refractivity contribution is -0.387. The van der Waals surface area contributed by atoms with Gasteiger partial charge in [-0.3, -0.25) is 10.1 Å². The van der Waals surface area contributed by atoms with Crippen LogP contribution in [0.2, 0.25) is 0 Å². The quantitative estimate of drug-likeness (QED) is 0.471. The molecular formula is C9H12N2O2S. The molecule has 0 aliphatic rings. The van der Waals surface area contributed by atoms with Gasteiger partial charge in [-0.2, -0.15) is 0 Å². The summed E-state index contributed by atoms with van der Waals surface area (Å²) in [6.07, 6.45) is 0. The summed E-state index contributed by atoms with van der Waals surface area (Å²) in [5.74, 6) is 0.685. The maximum Gasteiger partial charge on any atom is 0.282 e. The molecule has 4 nitrogen and oxygen atoms in total. The van der Waals surface area contributed by atoms with Gasteiger partial charge in [0, 0.05) is 17.9 Å². The minimum absolute atomic E-state index is 0.0415. The Balaban J connectivity index is 2.79. The molecule has 0 amide bonds. The van der Waals surface area contributed by atoms with E-state index in [9.17, 15) is 10.1 Å². The Bertz CT molecular complexity index is 328. The van der Waals surface area contributed by atoms with Gasteiger partial charge in [0.25, 0.3) is 5.69 Å². The van der Waals surface area contributed by atoms with Crippen LogP contribution in [0.3, 0.4) is 0 Å². The van der Waals surface area contributed by atoms with Crippen molar-refractivity contribution in [2.24, 2.45) is 5.73 Å². The van der Waals surface area contributed by atoms with Gasteiger partial charge in [-0.1, -0.05) is 12.1 Å². The number of nitro groups is 1. The smallest absolute Gasteiger partial charge is 0.282 e. The lowest BCUT2D eigenvalue weighted by Gasteiger charge is -2.04. The zero-order valence-electron chi connectivity index (χ0n) is 7.84. The molecule has 1 rings (SSSR count). The van der Waals surface area contributed by atoms with E-state index in [0.717, 1.165) is 0 Å². The number of hydrogen-bond acceptors (Lipinski definition) is 4. The van der Waals surface area contributed by atoms with Gasteiger partial charge in [0.2, 0.25) is 0 Å². The average Bonchev–Trinajstić information content (AvgIpc) is 2.15. The number of nitro benzene ring substituents is 1. The number of benzene rings is 1. The monoisotopic (exact) mass is 212 g/mol. The van der Waals surface area contributed by atoms with Crippen molar-refractivity contribution in [3.05, 3.63) is 34.4 Å². The standard InChI is InChI=1S/C9H12N2O2S/c1-7(10)6-14-9-5-3-2-4-8(9)11(12)13/h2-5,7H,6,10H2,1H3. The van der Waals surface area contributed by atoms with Crippen molar-refractivity contribution in [3.63, 3.8) is 0 Å². The molecular weight excluding hydrogens is 200 g/mol. The third-order valence-corrected chi connectivity index (χ3v) is 2.91. The molecule has 0 fully saturated rings. The van der Waals surface area contributed by atoms with Crippen molar-refractivity contribution in [3.8, 4) is 0 Å². The van der Waals surface area contributed by atoms with E-state index < -0.39 is 0 Å². The molecule has 0 aromatic heterocycles. The van der Waals surface area contributed by atoms with Crippen LogP contribution in [-0.4, -0.2) is 16.7 Å². The van der Waals surface area contributed by atoms with E-state index in [1.807, 2.05) is 6.92 Å². The first kappa shape index (κ1) is 11.0. The Hall–Kier alpha value is -1.07. The van der Waals surface area contributed by atoms with Crippen LogP contribution < -0.4 is 5.73 Å². The number of thioether (sulfide) groups is 1. The summed E-state index contributed by atoms with van der Waals surface area (Å²) in [6, 6.07) is 6.74. The van der Waals surface area contributed by atoms with Gasteiger partial charge in [0.15, 0.2) is 0 Å². The van der Waals surface area contributed by atoms with Crippen LogP contribution in [0.1, 0.15) is 6.92 Å². The van der Waals surface area contributed by atoms with E-state index in [4.69, 9.17) is 5.73 Å². The van der Waals surface area contributed by atoms with Crippen molar-refractivity contribution < 1.29 is 4.92 Å². The van der Waals surface area contributed by atoms with Crippen molar-refractivity contribution in [1.82, 2.24) is 0 Å². The molecule has 2 N–H and O–H groups in total. The van der Waals surface area contributed by atoms with Crippen LogP contribution in [0.15, 0.2) is 29.2 Å². The van der Waals surface area contributed by atoms with Crippen molar-refractivity contribution in [2.75, 3.05) is 5.75 Å². The molecule has 1 aromatic rings. The number of nitrogens with two attached hydrogens (primary N) is 1. The zero-order valence-corrected chi connectivity index (χ0v) is 8.66. The van der Waals surface area contributed by atoms with E-state index in [-0.39, 0.29) is 16.7 Å². The van der Waals surface area contributed by atoms with E-state index in [2.05, 4.69) is 0 Å². The number of rotatable bonds is 4. The van der Waals surface area contributed by atoms with E-state index >= 15 is 0 Å². The Morgan fingerprint density at radius 3 is 2.79 bits per heavy atom. The first-order chi connectivity index (χ1) is 6.61. The molecule has 1 atom stereocenters. The fourth-order valence-corrected chi connectivity index (χ4v) is 1.86. The van der Waals surface area contributed by atoms with E-state index in [0.29, 0.717) is 10.6 Å². The lowest BCUT2D eigenvalue weighted by atomic mass is 10.3. The number of nitrogens with zero attached hydrogens (tertiary/aromatic N) is 1. The van der Waals surface area contributed by atoms with Gasteiger partial charge >= 0.3 is 0 Å². The molecule has 0 heterocycles. The van der Waals surface area contributed by atoms with E-state index in [1.165, 1.54) is 17.8 Å². The Morgan fingerprint density at radius 2 is 2.21 bits per heavy atom. The second kappa shape index (κ2) is 4.97. The predicted octanol–water partition coefficient (Wildman–Crippen LogP) is 2.03. The first-order valence-corrected chi connectivity index (χ1v) is 5.21. The highest BCUT2D eigenvalue weighted by atomic mass is 32.2. The maximum absolute atomic E-state index is 10.6. The molecule has 76 valence electrons. The van der Waals surface area contributed by atoms with Crippen LogP contribution in [-0.2, 0) is 0 Å². The summed E-state index contributed by atoms with van der Waals surface area (Å²) in [5.41, 5.74) is 5.73. The van der Waals surface area contributed by atoms with Gasteiger partial charge in [0.1, 0.15) is 0 Å². The molecule has 0 saturated carbocycles. The Labute approximate surface area is 86.6 Å². The molecule has 14 heavy (non-hydrogen) atoms. The zero-order chi connectivity index (χ0) is 10.6. The predicted molar refractivity (Wildman–Crippen MR) is 57.5 cm³/mol. The van der Waals surface area contributed by atoms with Crippen LogP contribution in [0.5, 0.6) is 0 Å². The molecule has 0 aliphatic carbocycles. The minimum Gasteiger partial charge on any atom is -0.327 e. The highest BCUT2D eigenvalue weighted by Crippen LogP contribution is 2.28. The lowest BCUT2D eigenvalue weighted by Crippen LogP contribution is -2.17. The second-order valence-corrected chi connectivity index (χ2v) is 4.07. The molecule has 1 aromatic carbocycles. The maximum atomic E-state index is 10.6. The highest BCUT2D eigenvalue weighted by Gasteiger charge is 2.12. The van der Waals surface area contributed by atoms with Crippen LogP contribution >= 0.6 is 11.8 Å². The summed E-state index contributed by atoms with van der Waals surface area (Å²) in [5, 5.41) is 10.6. The average molecular weight is 212 g/mol. The molecule has 0 spiro atoms. The summed E-state index contributed by atoms with van der Waals surface area (Å²) in [7, 11) is 0. The van der Waals surface area contributed by atoms with Crippen LogP contribution in [0.4, 0.5) is 5.69 Å². The number of hydrogen-bond donors (Lipinski definition) is 1. The molecule has 0 aliphatic heterocycles. The minimum atomic E-state index is -0.372. The summed E-state index contributed by atoms with van der Waals surface area (Å²) >= 11 is 1.42. The topological polar surface area (TPSA) is 69.2 Å². The Morgan fingerprint density at radius 1 is 1.57 bits per heavy atom. The molecule has 5 heteroatoms. The van der Waals surface area contributed by atoms with Crippen LogP contribution in [0.25, 0.3) is 0 Å². The summed E-state index contributed by atoms with van der Waals surface area (Å²) in [4.78, 5) is 10.9. The second-order valence-electron chi connectivity index (χ2n) is 3.01. The van der Waals surface area contributed by atoms with E-state index in [1.54, 1.807) is 18.2 Å². The normalized spacial score (nSPS) is 12.4. The highest BCUT2D eigenvalue weighted by molar-refractivity contribution is 7.99. The van der Waals surface area contributed by atoms with Gasteiger partial charge in [-0.15, -0.1) is 11.8 Å². The van der Waals surface area contributed by atoms with Gasteiger partial charge in [-0.05, 0) is 13.0 Å². The summed E-state index contributed by atoms with van der Waals surface area (Å²) < 4.78 is 0. The van der Waals surface area contributed by atoms with Gasteiger partial charge < -0.3 is 5.73 Å². The molecule has 1 unspecified atom stereocenters. The first-order valence-electron chi connectivity index (χ1n) is 4.23. The Kier molecular flexibility index (Phi) is 3.91. The SMILES string of the molecule is CC(N)CSc1ccccc1[N+](=O)[O-]. The fraction of sp³-hybridized carbons (Fsp3) is 0.333. The van der Waals surface area contributed by atoms with Crippen LogP contribution in [0, 0.1) is 10.1 Å². The molecule has 0 bridgehead atoms. The number of para-hydroxylation sites is 1. The largest absolute Gasteiger partial charge is 0.327 e. The third kappa shape index (κ3) is 3.01. The molecule has 0 saturated heterocycles. The third-order valence-electron chi connectivity index (χ3n) is 1.56. The fourth-order valence-electron chi connectivity index (χ4n) is 0.951. The van der Waals surface area contributed by atoms with Crippen molar-refractivity contribution >= 4 is 17.4 Å².